The largest absolute Gasteiger partial charge is 0.495 e. The third-order valence-electron chi connectivity index (χ3n) is 1.50. The molecule has 2 N–H and O–H groups in total. The number of halogens is 1. The van der Waals surface area contributed by atoms with Crippen molar-refractivity contribution >= 4 is 34.0 Å². The van der Waals surface area contributed by atoms with Gasteiger partial charge in [0.2, 0.25) is 0 Å². The quantitative estimate of drug-likeness (QED) is 0.390. The topological polar surface area (TPSA) is 78.4 Å². The Balaban J connectivity index is 3.28. The van der Waals surface area contributed by atoms with Gasteiger partial charge in [-0.15, -0.1) is 0 Å². The lowest BCUT2D eigenvalue weighted by molar-refractivity contribution is -0.385. The molecule has 13 heavy (non-hydrogen) atoms. The van der Waals surface area contributed by atoms with Gasteiger partial charge in [0.15, 0.2) is 0 Å². The number of nitrogen functional groups attached to an aromatic ring is 1. The molecule has 1 aromatic rings. The summed E-state index contributed by atoms with van der Waals surface area (Å²) in [6, 6.07) is 2.83. The Morgan fingerprint density at radius 2 is 2.23 bits per heavy atom. The van der Waals surface area contributed by atoms with Gasteiger partial charge >= 0.3 is 0 Å². The van der Waals surface area contributed by atoms with Crippen molar-refractivity contribution < 1.29 is 9.66 Å². The zero-order chi connectivity index (χ0) is 10.0. The maximum atomic E-state index is 10.5. The van der Waals surface area contributed by atoms with Crippen LogP contribution in [0.25, 0.3) is 0 Å². The third kappa shape index (κ3) is 2.00. The molecule has 0 spiro atoms. The molecule has 6 heteroatoms. The number of nitrogens with two attached hydrogens (primary N) is 1. The highest BCUT2D eigenvalue weighted by Gasteiger charge is 2.14. The number of nitrogens with zero attached hydrogens (tertiary/aromatic N) is 1. The molecule has 0 unspecified atom stereocenters. The third-order valence-corrected chi connectivity index (χ3v) is 2.36. The number of ether oxygens (including phenoxy) is 1. The molecule has 0 atom stereocenters. The summed E-state index contributed by atoms with van der Waals surface area (Å²) in [5, 5.41) is 10.5. The molecule has 0 aliphatic carbocycles. The van der Waals surface area contributed by atoms with Gasteiger partial charge in [0.25, 0.3) is 5.69 Å². The minimum atomic E-state index is -0.475. The number of benzene rings is 1. The van der Waals surface area contributed by atoms with Crippen molar-refractivity contribution in [2.45, 2.75) is 0 Å². The van der Waals surface area contributed by atoms with E-state index in [1.54, 1.807) is 0 Å². The van der Waals surface area contributed by atoms with Crippen molar-refractivity contribution in [1.29, 1.82) is 0 Å². The van der Waals surface area contributed by atoms with E-state index in [1.165, 1.54) is 19.2 Å². The second-order valence-corrected chi connectivity index (χ2v) is 3.46. The van der Waals surface area contributed by atoms with Gasteiger partial charge in [-0.1, -0.05) is 0 Å². The van der Waals surface area contributed by atoms with Gasteiger partial charge in [0.1, 0.15) is 5.75 Å². The molecule has 0 saturated heterocycles. The van der Waals surface area contributed by atoms with Crippen LogP contribution >= 0.6 is 22.6 Å². The molecule has 1 aromatic carbocycles. The zero-order valence-electron chi connectivity index (χ0n) is 6.78. The first-order valence-electron chi connectivity index (χ1n) is 3.33. The maximum absolute atomic E-state index is 10.5. The van der Waals surface area contributed by atoms with Gasteiger partial charge in [-0.25, -0.2) is 0 Å². The predicted molar refractivity (Wildman–Crippen MR) is 56.8 cm³/mol. The molecule has 1 rings (SSSR count). The van der Waals surface area contributed by atoms with Crippen LogP contribution in [0.5, 0.6) is 5.75 Å². The van der Waals surface area contributed by atoms with E-state index in [1.807, 2.05) is 22.6 Å². The molecule has 0 saturated carbocycles. The lowest BCUT2D eigenvalue weighted by atomic mass is 10.2. The van der Waals surface area contributed by atoms with E-state index in [2.05, 4.69) is 0 Å². The Morgan fingerprint density at radius 3 is 2.69 bits per heavy atom. The van der Waals surface area contributed by atoms with Crippen molar-refractivity contribution in [3.05, 3.63) is 25.8 Å². The van der Waals surface area contributed by atoms with E-state index in [0.29, 0.717) is 9.32 Å². The number of anilines is 1. The molecule has 0 aromatic heterocycles. The van der Waals surface area contributed by atoms with E-state index in [0.717, 1.165) is 0 Å². The predicted octanol–water partition coefficient (Wildman–Crippen LogP) is 1.79. The van der Waals surface area contributed by atoms with E-state index >= 15 is 0 Å². The van der Waals surface area contributed by atoms with Gasteiger partial charge in [-0.05, 0) is 22.6 Å². The molecule has 0 amide bonds. The van der Waals surface area contributed by atoms with E-state index in [9.17, 15) is 10.1 Å². The molecule has 70 valence electrons. The number of rotatable bonds is 2. The molecule has 5 nitrogen and oxygen atoms in total. The van der Waals surface area contributed by atoms with Crippen molar-refractivity contribution in [2.75, 3.05) is 12.8 Å². The molecular weight excluding hydrogens is 287 g/mol. The number of methoxy groups -OCH3 is 1. The Bertz CT molecular complexity index is 354. The summed E-state index contributed by atoms with van der Waals surface area (Å²) in [6.07, 6.45) is 0. The van der Waals surface area contributed by atoms with Crippen LogP contribution in [0.15, 0.2) is 12.1 Å². The standard InChI is InChI=1S/C7H7IN2O3/c1-13-7-2-4(8)6(10(11)12)3-5(7)9/h2-3H,9H2,1H3. The first-order chi connectivity index (χ1) is 6.06. The summed E-state index contributed by atoms with van der Waals surface area (Å²) < 4.78 is 5.42. The van der Waals surface area contributed by atoms with Gasteiger partial charge in [0.05, 0.1) is 21.3 Å². The lowest BCUT2D eigenvalue weighted by Gasteiger charge is -2.04. The minimum absolute atomic E-state index is 0.00102. The molecule has 0 aliphatic heterocycles. The fourth-order valence-corrected chi connectivity index (χ4v) is 1.51. The number of nitro benzene ring substituents is 1. The summed E-state index contributed by atoms with van der Waals surface area (Å²) in [7, 11) is 1.47. The Labute approximate surface area is 88.2 Å². The summed E-state index contributed by atoms with van der Waals surface area (Å²) in [5.74, 6) is 0.454. The van der Waals surface area contributed by atoms with Crippen LogP contribution in [0.4, 0.5) is 11.4 Å². The van der Waals surface area contributed by atoms with Crippen LogP contribution in [-0.2, 0) is 0 Å². The summed E-state index contributed by atoms with van der Waals surface area (Å²) in [6.45, 7) is 0. The summed E-state index contributed by atoms with van der Waals surface area (Å²) in [4.78, 5) is 10.0. The monoisotopic (exact) mass is 294 g/mol. The highest BCUT2D eigenvalue weighted by Crippen LogP contribution is 2.31. The van der Waals surface area contributed by atoms with Crippen LogP contribution in [0.1, 0.15) is 0 Å². The number of nitro groups is 1. The van der Waals surface area contributed by atoms with Gasteiger partial charge < -0.3 is 10.5 Å². The van der Waals surface area contributed by atoms with Crippen molar-refractivity contribution in [2.24, 2.45) is 0 Å². The second-order valence-electron chi connectivity index (χ2n) is 2.30. The average molecular weight is 294 g/mol. The molecule has 0 fully saturated rings. The fraction of sp³-hybridized carbons (Fsp3) is 0.143. The summed E-state index contributed by atoms with van der Waals surface area (Å²) >= 11 is 1.86. The van der Waals surface area contributed by atoms with Crippen molar-refractivity contribution in [3.8, 4) is 5.75 Å². The first-order valence-corrected chi connectivity index (χ1v) is 4.41. The van der Waals surface area contributed by atoms with E-state index < -0.39 is 4.92 Å². The zero-order valence-corrected chi connectivity index (χ0v) is 8.94. The normalized spacial score (nSPS) is 9.69. The number of hydrogen-bond acceptors (Lipinski definition) is 4. The van der Waals surface area contributed by atoms with Crippen LogP contribution < -0.4 is 10.5 Å². The molecule has 0 radical (unpaired) electrons. The fourth-order valence-electron chi connectivity index (χ4n) is 0.876. The first kappa shape index (κ1) is 10.0. The van der Waals surface area contributed by atoms with Gasteiger partial charge in [-0.2, -0.15) is 0 Å². The smallest absolute Gasteiger partial charge is 0.284 e. The van der Waals surface area contributed by atoms with Crippen LogP contribution in [0.2, 0.25) is 0 Å². The lowest BCUT2D eigenvalue weighted by Crippen LogP contribution is -1.97. The summed E-state index contributed by atoms with van der Waals surface area (Å²) in [5.41, 5.74) is 5.78. The average Bonchev–Trinajstić information content (AvgIpc) is 2.07. The van der Waals surface area contributed by atoms with Gasteiger partial charge in [0, 0.05) is 12.1 Å². The molecular formula is C7H7IN2O3. The van der Waals surface area contributed by atoms with Crippen LogP contribution in [0, 0.1) is 13.7 Å². The van der Waals surface area contributed by atoms with Gasteiger partial charge in [-0.3, -0.25) is 10.1 Å². The van der Waals surface area contributed by atoms with Crippen molar-refractivity contribution in [1.82, 2.24) is 0 Å². The van der Waals surface area contributed by atoms with Crippen LogP contribution in [-0.4, -0.2) is 12.0 Å². The number of hydrogen-bond donors (Lipinski definition) is 1. The van der Waals surface area contributed by atoms with E-state index in [4.69, 9.17) is 10.5 Å². The molecule has 0 bridgehead atoms. The van der Waals surface area contributed by atoms with Crippen molar-refractivity contribution in [3.63, 3.8) is 0 Å². The van der Waals surface area contributed by atoms with Crippen LogP contribution in [0.3, 0.4) is 0 Å². The minimum Gasteiger partial charge on any atom is -0.495 e. The Hall–Kier alpha value is -1.05. The van der Waals surface area contributed by atoms with E-state index in [-0.39, 0.29) is 11.4 Å². The molecule has 0 heterocycles. The maximum Gasteiger partial charge on any atom is 0.284 e. The second kappa shape index (κ2) is 3.77. The Kier molecular flexibility index (Phi) is 2.91. The highest BCUT2D eigenvalue weighted by atomic mass is 127. The highest BCUT2D eigenvalue weighted by molar-refractivity contribution is 14.1. The SMILES string of the molecule is COc1cc(I)c([N+](=O)[O-])cc1N. The molecule has 0 aliphatic rings. The Morgan fingerprint density at radius 1 is 1.62 bits per heavy atom.